The molecule has 4 fully saturated rings. The fourth-order valence-corrected chi connectivity index (χ4v) is 19.6. The van der Waals surface area contributed by atoms with Crippen molar-refractivity contribution in [2.24, 2.45) is 50.3 Å². The van der Waals surface area contributed by atoms with Crippen LogP contribution in [0.2, 0.25) is 0 Å². The van der Waals surface area contributed by atoms with Crippen LogP contribution in [0.25, 0.3) is 72.1 Å². The van der Waals surface area contributed by atoms with Crippen molar-refractivity contribution >= 4 is 74.4 Å². The third-order valence-electron chi connectivity index (χ3n) is 26.1. The van der Waals surface area contributed by atoms with Crippen LogP contribution < -0.4 is 41.9 Å². The fraction of sp³-hybridized carbons (Fsp3) is 0.317. The Morgan fingerprint density at radius 3 is 1.02 bits per heavy atom. The molecule has 594 valence electrons. The molecule has 7 aliphatic rings. The predicted octanol–water partition coefficient (Wildman–Crippen LogP) is 21.9. The number of nitrogens with zero attached hydrogens (tertiary/aromatic N) is 4. The largest absolute Gasteiger partial charge is 3.00 e. The monoisotopic (exact) mass is 1590 g/mol. The Labute approximate surface area is 699 Å². The fourth-order valence-electron chi connectivity index (χ4n) is 19.6. The molecule has 12 nitrogen and oxygen atoms in total. The van der Waals surface area contributed by atoms with E-state index >= 15 is 0 Å². The zero-order valence-electron chi connectivity index (χ0n) is 71.1. The van der Waals surface area contributed by atoms with Gasteiger partial charge in [0.15, 0.2) is 0 Å². The Morgan fingerprint density at radius 1 is 0.350 bits per heavy atom. The Kier molecular flexibility index (Phi) is 19.9. The van der Waals surface area contributed by atoms with Gasteiger partial charge in [0.1, 0.15) is 0 Å². The molecule has 17 rings (SSSR count). The summed E-state index contributed by atoms with van der Waals surface area (Å²) in [6.45, 7) is 43.2. The number of amides is 4. The van der Waals surface area contributed by atoms with E-state index in [4.69, 9.17) is 20.3 Å². The smallest absolute Gasteiger partial charge is 0.674 e. The quantitative estimate of drug-likeness (QED) is 0.0750. The predicted molar refractivity (Wildman–Crippen MR) is 475 cm³/mol. The van der Waals surface area contributed by atoms with E-state index in [2.05, 4.69) is 293 Å². The van der Waals surface area contributed by atoms with E-state index in [1.54, 1.807) is 0 Å². The van der Waals surface area contributed by atoms with Crippen LogP contribution in [0.4, 0.5) is 22.7 Å². The number of benzene rings is 8. The first-order chi connectivity index (χ1) is 55.0. The summed E-state index contributed by atoms with van der Waals surface area (Å²) in [6.07, 6.45) is 11.3. The van der Waals surface area contributed by atoms with Gasteiger partial charge in [-0.2, -0.15) is 0 Å². The third kappa shape index (κ3) is 14.9. The summed E-state index contributed by atoms with van der Waals surface area (Å²) in [7, 11) is 0. The van der Waals surface area contributed by atoms with Crippen molar-refractivity contribution in [3.63, 3.8) is 0 Å². The number of aryl methyl sites for hydroxylation is 12. The Hall–Kier alpha value is -11.1. The normalized spacial score (nSPS) is 19.9. The van der Waals surface area contributed by atoms with E-state index < -0.39 is 6.04 Å². The minimum absolute atomic E-state index is 0. The summed E-state index contributed by atoms with van der Waals surface area (Å²) in [5, 5.41) is 21.1. The number of anilines is 4. The molecule has 117 heavy (non-hydrogen) atoms. The van der Waals surface area contributed by atoms with Gasteiger partial charge in [0, 0.05) is 34.8 Å². The number of rotatable bonds is 16. The molecule has 5 unspecified atom stereocenters. The molecule has 10 aromatic rings. The minimum atomic E-state index is -0.726. The number of allylic oxidation sites excluding steroid dienone is 3. The molecule has 0 spiro atoms. The van der Waals surface area contributed by atoms with Crippen LogP contribution in [-0.2, 0) is 36.0 Å². The average Bonchev–Trinajstić information content (AvgIpc) is 1.60. The third-order valence-corrected chi connectivity index (χ3v) is 26.1. The van der Waals surface area contributed by atoms with Gasteiger partial charge in [-0.15, -0.1) is 27.8 Å². The topological polar surface area (TPSA) is 171 Å². The maximum atomic E-state index is 15.0. The second kappa shape index (κ2) is 29.2. The van der Waals surface area contributed by atoms with E-state index in [1.807, 2.05) is 36.4 Å². The summed E-state index contributed by atoms with van der Waals surface area (Å²) in [4.78, 5) is 77.9. The molecule has 4 amide bonds. The van der Waals surface area contributed by atoms with E-state index in [1.165, 1.54) is 22.3 Å². The number of fused-ring (bicyclic) bond motifs is 7. The Bertz CT molecular complexity index is 5940. The van der Waals surface area contributed by atoms with Gasteiger partial charge in [-0.25, -0.2) is 4.99 Å². The standard InChI is InChI=1S/C104H108N8O4.Co/c1-53-35-57(5)87(58(6)36-53)65-43-66(88-59(7)37-54(2)38-60(88)8)46-69(45-65)91-79-27-31-83(105-79)95(93-75(109-97(113)71-49-101(71,13)14)23-21-24-76(93)110-98(114)72-50-102(72,15)16)85-33-29-81(107-85)92(70-47-67(89-61(9)39-55(3)40-62(89)10)44-68(48-70)90-63(11)41-56(4)42-64(90)12)82-30-34-86(108-82)96(84-32-28-80(91)106-84)94-77(111-99(115)73-51-103(73,17)18)25-22-26-78(94)112-100(116)74-52-104(74,19)20;/h21-48,71-74,79H,49-52H2,1-20H3,(H7,105,106,107,108,109,110,111,112,113,114,115,116);/q;+3/p-3. The molecule has 2 aromatic heterocycles. The van der Waals surface area contributed by atoms with Gasteiger partial charge >= 0.3 is 16.8 Å². The van der Waals surface area contributed by atoms with Crippen LogP contribution in [0.15, 0.2) is 186 Å². The number of hydrogen-bond acceptors (Lipinski definition) is 5. The molecule has 13 heteroatoms. The van der Waals surface area contributed by atoms with Crippen LogP contribution in [-0.4, -0.2) is 35.4 Å². The number of carbonyl (C=O) groups is 4. The zero-order chi connectivity index (χ0) is 82.0. The van der Waals surface area contributed by atoms with Crippen molar-refractivity contribution < 1.29 is 36.0 Å². The second-order valence-electron chi connectivity index (χ2n) is 37.6. The first-order valence-corrected chi connectivity index (χ1v) is 41.3. The van der Waals surface area contributed by atoms with Crippen LogP contribution in [0.3, 0.4) is 0 Å². The van der Waals surface area contributed by atoms with Gasteiger partial charge in [-0.3, -0.25) is 19.2 Å². The molecular weight excluding hydrogens is 1480 g/mol. The van der Waals surface area contributed by atoms with Gasteiger partial charge in [-0.05, 0) is 320 Å². The van der Waals surface area contributed by atoms with E-state index in [0.717, 1.165) is 137 Å². The summed E-state index contributed by atoms with van der Waals surface area (Å²) in [5.74, 6) is -1.36. The van der Waals surface area contributed by atoms with Crippen LogP contribution in [0, 0.1) is 128 Å². The van der Waals surface area contributed by atoms with E-state index in [0.29, 0.717) is 84.2 Å². The van der Waals surface area contributed by atoms with Crippen molar-refractivity contribution in [2.45, 2.75) is 170 Å². The molecule has 0 radical (unpaired) electrons. The van der Waals surface area contributed by atoms with Crippen molar-refractivity contribution in [1.82, 2.24) is 9.97 Å². The van der Waals surface area contributed by atoms with Crippen molar-refractivity contribution in [3.8, 4) is 44.5 Å². The maximum absolute atomic E-state index is 15.0. The molecule has 5 atom stereocenters. The van der Waals surface area contributed by atoms with Crippen molar-refractivity contribution in [1.29, 1.82) is 0 Å². The van der Waals surface area contributed by atoms with Crippen molar-refractivity contribution in [2.75, 3.05) is 21.3 Å². The maximum Gasteiger partial charge on any atom is 3.00 e. The zero-order valence-corrected chi connectivity index (χ0v) is 72.2. The summed E-state index contributed by atoms with van der Waals surface area (Å²) < 4.78 is 0. The van der Waals surface area contributed by atoms with Gasteiger partial charge in [0.05, 0.1) is 34.2 Å². The number of carbonyl (C=O) groups excluding carboxylic acids is 4. The molecular formula is C104H105CoN8O4. The van der Waals surface area contributed by atoms with Gasteiger partial charge < -0.3 is 36.6 Å². The molecule has 8 bridgehead atoms. The first kappa shape index (κ1) is 79.7. The van der Waals surface area contributed by atoms with Gasteiger partial charge in [0.25, 0.3) is 0 Å². The number of nitrogens with one attached hydrogen (secondary N) is 4. The van der Waals surface area contributed by atoms with Gasteiger partial charge in [0.2, 0.25) is 23.6 Å². The van der Waals surface area contributed by atoms with E-state index in [9.17, 15) is 19.2 Å². The molecule has 4 aliphatic carbocycles. The number of aromatic nitrogens is 2. The molecule has 0 saturated heterocycles. The minimum Gasteiger partial charge on any atom is -0.674 e. The average molecular weight is 1590 g/mol. The number of hydrogen-bond donors (Lipinski definition) is 4. The molecule has 4 saturated carbocycles. The molecule has 8 aromatic carbocycles. The Morgan fingerprint density at radius 2 is 0.667 bits per heavy atom. The van der Waals surface area contributed by atoms with Crippen LogP contribution in [0.1, 0.15) is 181 Å². The van der Waals surface area contributed by atoms with Crippen molar-refractivity contribution in [3.05, 3.63) is 298 Å². The first-order valence-electron chi connectivity index (χ1n) is 41.3. The van der Waals surface area contributed by atoms with Gasteiger partial charge in [-0.1, -0.05) is 186 Å². The molecule has 3 aliphatic heterocycles. The molecule has 5 heterocycles. The summed E-state index contributed by atoms with van der Waals surface area (Å²) in [5.41, 5.74) is 32.3. The van der Waals surface area contributed by atoms with Crippen LogP contribution in [0.5, 0.6) is 0 Å². The Balaban J connectivity index is 0.0000102. The van der Waals surface area contributed by atoms with Crippen LogP contribution >= 0.6 is 0 Å². The number of aliphatic imine (C=N–C) groups is 1. The summed E-state index contributed by atoms with van der Waals surface area (Å²) >= 11 is 0. The SMILES string of the molecule is Cc1cc(C)c(-c2cc(C3=C4C=CC(=N4)C(c4c(NC(=O)C5CC5(C)C)cccc4NC(=O)C4CC4(C)C)=c4ccc([n-]4)=C(c4cc(-c5c(C)cc(C)cc5C)cc(-c5c(C)cc(C)cc5C)c4)C4C=CC(=C(c5c(NC(=O)C6CC6(C)C)cccc5NC(=O)C5CC5(C)C)c5ccc3[n-]5)[N-]4)cc(-c3c(C)cc(C)cc3C)c2)c(C)c1.[Co+3]. The van der Waals surface area contributed by atoms with E-state index in [-0.39, 0.29) is 85.7 Å². The molecule has 4 N–H and O–H groups in total. The second-order valence-corrected chi connectivity index (χ2v) is 37.6. The summed E-state index contributed by atoms with van der Waals surface area (Å²) in [6, 6.07) is 51.0.